The van der Waals surface area contributed by atoms with Crippen LogP contribution in [0.15, 0.2) is 29.5 Å². The van der Waals surface area contributed by atoms with E-state index in [2.05, 4.69) is 0 Å². The predicted octanol–water partition coefficient (Wildman–Crippen LogP) is 0.476. The van der Waals surface area contributed by atoms with E-state index in [0.717, 1.165) is 24.3 Å². The molecule has 0 aliphatic rings. The number of carbonyl (C=O) groups is 2. The van der Waals surface area contributed by atoms with Crippen LogP contribution in [0.25, 0.3) is 0 Å². The van der Waals surface area contributed by atoms with Crippen molar-refractivity contribution in [2.45, 2.75) is 0 Å². The van der Waals surface area contributed by atoms with Gasteiger partial charge in [0.2, 0.25) is 0 Å². The van der Waals surface area contributed by atoms with Crippen molar-refractivity contribution >= 4 is 11.9 Å². The van der Waals surface area contributed by atoms with E-state index < -0.39 is 11.9 Å². The molecular formula is C6H5NO4. The number of carboxylic acid groups (broad SMARTS) is 1. The first-order valence-corrected chi connectivity index (χ1v) is 2.62. The molecule has 0 aromatic carbocycles. The number of carboxylic acids is 1. The van der Waals surface area contributed by atoms with E-state index in [1.54, 1.807) is 0 Å². The van der Waals surface area contributed by atoms with Crippen LogP contribution in [0.1, 0.15) is 0 Å². The molecule has 0 fully saturated rings. The SMILES string of the molecule is O=NC(=O)C=CC=CC(=O)O. The minimum absolute atomic E-state index is 0.828. The summed E-state index contributed by atoms with van der Waals surface area (Å²) in [5, 5.41) is 10.1. The number of carbonyl (C=O) groups excluding carboxylic acids is 1. The number of nitrogens with zero attached hydrogens (tertiary/aromatic N) is 1. The lowest BCUT2D eigenvalue weighted by molar-refractivity contribution is -0.131. The van der Waals surface area contributed by atoms with Crippen LogP contribution in [0.3, 0.4) is 0 Å². The molecule has 0 heterocycles. The average molecular weight is 155 g/mol. The summed E-state index contributed by atoms with van der Waals surface area (Å²) in [6, 6.07) is 0. The van der Waals surface area contributed by atoms with Gasteiger partial charge in [0.1, 0.15) is 0 Å². The molecule has 1 N–H and O–H groups in total. The lowest BCUT2D eigenvalue weighted by Crippen LogP contribution is -1.85. The Hall–Kier alpha value is -1.78. The molecule has 0 bridgehead atoms. The van der Waals surface area contributed by atoms with Gasteiger partial charge in [-0.15, -0.1) is 4.91 Å². The van der Waals surface area contributed by atoms with Crippen LogP contribution in [-0.2, 0) is 9.59 Å². The lowest BCUT2D eigenvalue weighted by atomic mass is 10.4. The summed E-state index contributed by atoms with van der Waals surface area (Å²) in [6.07, 6.45) is 3.93. The van der Waals surface area contributed by atoms with Crippen molar-refractivity contribution in [1.82, 2.24) is 0 Å². The average Bonchev–Trinajstić information content (AvgIpc) is 1.97. The predicted molar refractivity (Wildman–Crippen MR) is 36.7 cm³/mol. The number of rotatable bonds is 3. The molecule has 0 spiro atoms. The molecule has 1 amide bonds. The largest absolute Gasteiger partial charge is 0.478 e. The normalized spacial score (nSPS) is 10.5. The van der Waals surface area contributed by atoms with Crippen LogP contribution in [0.5, 0.6) is 0 Å². The van der Waals surface area contributed by atoms with E-state index in [-0.39, 0.29) is 0 Å². The highest BCUT2D eigenvalue weighted by atomic mass is 16.4. The molecule has 0 radical (unpaired) electrons. The van der Waals surface area contributed by atoms with Gasteiger partial charge in [-0.1, -0.05) is 12.2 Å². The van der Waals surface area contributed by atoms with Crippen LogP contribution in [0.2, 0.25) is 0 Å². The first-order valence-electron chi connectivity index (χ1n) is 2.62. The van der Waals surface area contributed by atoms with Gasteiger partial charge in [0, 0.05) is 17.3 Å². The van der Waals surface area contributed by atoms with Crippen LogP contribution < -0.4 is 0 Å². The quantitative estimate of drug-likeness (QED) is 0.365. The first-order chi connectivity index (χ1) is 5.16. The Morgan fingerprint density at radius 1 is 1.18 bits per heavy atom. The molecule has 0 aromatic rings. The lowest BCUT2D eigenvalue weighted by Gasteiger charge is -1.74. The van der Waals surface area contributed by atoms with Gasteiger partial charge in [0.05, 0.1) is 0 Å². The first kappa shape index (κ1) is 9.22. The van der Waals surface area contributed by atoms with Crippen molar-refractivity contribution in [1.29, 1.82) is 0 Å². The highest BCUT2D eigenvalue weighted by Crippen LogP contribution is 1.80. The van der Waals surface area contributed by atoms with Crippen molar-refractivity contribution in [2.75, 3.05) is 0 Å². The zero-order valence-electron chi connectivity index (χ0n) is 5.43. The molecule has 0 aliphatic heterocycles. The maximum absolute atomic E-state index is 10.1. The molecule has 11 heavy (non-hydrogen) atoms. The summed E-state index contributed by atoms with van der Waals surface area (Å²) in [4.78, 5) is 29.4. The van der Waals surface area contributed by atoms with Gasteiger partial charge in [-0.05, 0) is 0 Å². The molecule has 0 atom stereocenters. The maximum atomic E-state index is 10.1. The Morgan fingerprint density at radius 2 is 1.73 bits per heavy atom. The second kappa shape index (κ2) is 5.04. The van der Waals surface area contributed by atoms with E-state index in [1.807, 2.05) is 5.18 Å². The van der Waals surface area contributed by atoms with Crippen LogP contribution in [-0.4, -0.2) is 17.0 Å². The number of aliphatic carboxylic acids is 1. The fraction of sp³-hybridized carbons (Fsp3) is 0. The minimum atomic E-state index is -1.12. The van der Waals surface area contributed by atoms with Crippen molar-refractivity contribution in [3.8, 4) is 0 Å². The molecule has 0 aromatic heterocycles. The molecule has 5 heteroatoms. The highest BCUT2D eigenvalue weighted by Gasteiger charge is 1.88. The Morgan fingerprint density at radius 3 is 2.18 bits per heavy atom. The molecule has 0 rings (SSSR count). The fourth-order valence-electron chi connectivity index (χ4n) is 0.306. The third-order valence-corrected chi connectivity index (χ3v) is 0.679. The van der Waals surface area contributed by atoms with E-state index in [1.165, 1.54) is 0 Å². The van der Waals surface area contributed by atoms with Gasteiger partial charge in [-0.3, -0.25) is 4.79 Å². The summed E-state index contributed by atoms with van der Waals surface area (Å²) in [7, 11) is 0. The summed E-state index contributed by atoms with van der Waals surface area (Å²) in [5.74, 6) is -2.07. The Bertz CT molecular complexity index is 229. The monoisotopic (exact) mass is 155 g/mol. The van der Waals surface area contributed by atoms with E-state index in [4.69, 9.17) is 5.11 Å². The van der Waals surface area contributed by atoms with Gasteiger partial charge < -0.3 is 5.11 Å². The van der Waals surface area contributed by atoms with Gasteiger partial charge in [-0.25, -0.2) is 4.79 Å². The van der Waals surface area contributed by atoms with E-state index >= 15 is 0 Å². The van der Waals surface area contributed by atoms with Gasteiger partial charge in [-0.2, -0.15) is 0 Å². The van der Waals surface area contributed by atoms with E-state index in [9.17, 15) is 14.5 Å². The van der Waals surface area contributed by atoms with Gasteiger partial charge >= 0.3 is 11.9 Å². The molecule has 0 saturated heterocycles. The Labute approximate surface area is 62.0 Å². The number of allylic oxidation sites excluding steroid dienone is 2. The van der Waals surface area contributed by atoms with Gasteiger partial charge in [0.25, 0.3) is 0 Å². The van der Waals surface area contributed by atoms with Crippen LogP contribution in [0, 0.1) is 4.91 Å². The topological polar surface area (TPSA) is 83.8 Å². The smallest absolute Gasteiger partial charge is 0.328 e. The third-order valence-electron chi connectivity index (χ3n) is 0.679. The molecule has 58 valence electrons. The van der Waals surface area contributed by atoms with Gasteiger partial charge in [0.15, 0.2) is 0 Å². The van der Waals surface area contributed by atoms with E-state index in [0.29, 0.717) is 0 Å². The maximum Gasteiger partial charge on any atom is 0.328 e. The molecule has 5 nitrogen and oxygen atoms in total. The third kappa shape index (κ3) is 6.10. The van der Waals surface area contributed by atoms with Crippen LogP contribution in [0.4, 0.5) is 0 Å². The number of nitroso groups, excluding NO2 is 1. The fourth-order valence-corrected chi connectivity index (χ4v) is 0.306. The van der Waals surface area contributed by atoms with Crippen molar-refractivity contribution in [3.05, 3.63) is 29.2 Å². The Balaban J connectivity index is 3.86. The molecular weight excluding hydrogens is 150 g/mol. The summed E-state index contributed by atoms with van der Waals surface area (Å²) in [5.41, 5.74) is 0. The number of amides is 1. The standard InChI is InChI=1S/C6H5NO4/c8-5(7-11)3-1-2-4-6(9)10/h1-4H,(H,9,10). The summed E-state index contributed by atoms with van der Waals surface area (Å²) in [6.45, 7) is 0. The highest BCUT2D eigenvalue weighted by molar-refractivity contribution is 5.88. The zero-order valence-corrected chi connectivity index (χ0v) is 5.43. The summed E-state index contributed by atoms with van der Waals surface area (Å²) >= 11 is 0. The van der Waals surface area contributed by atoms with Crippen molar-refractivity contribution in [2.24, 2.45) is 5.18 Å². The molecule has 0 saturated carbocycles. The number of hydrogen-bond acceptors (Lipinski definition) is 3. The second-order valence-corrected chi connectivity index (χ2v) is 1.49. The molecule has 0 aliphatic carbocycles. The van der Waals surface area contributed by atoms with Crippen molar-refractivity contribution in [3.63, 3.8) is 0 Å². The van der Waals surface area contributed by atoms with Crippen LogP contribution >= 0.6 is 0 Å². The Kier molecular flexibility index (Phi) is 4.22. The zero-order chi connectivity index (χ0) is 8.69. The minimum Gasteiger partial charge on any atom is -0.478 e. The second-order valence-electron chi connectivity index (χ2n) is 1.49. The van der Waals surface area contributed by atoms with Crippen molar-refractivity contribution < 1.29 is 14.7 Å². The molecule has 0 unspecified atom stereocenters. The summed E-state index contributed by atoms with van der Waals surface area (Å²) < 4.78 is 0. The number of hydrogen-bond donors (Lipinski definition) is 1.